The minimum absolute atomic E-state index is 0.163. The minimum atomic E-state index is -2.83. The molecule has 0 amide bonds. The van der Waals surface area contributed by atoms with Crippen molar-refractivity contribution in [3.05, 3.63) is 28.8 Å². The number of benzene rings is 1. The van der Waals surface area contributed by atoms with Crippen LogP contribution >= 0.6 is 11.6 Å². The first kappa shape index (κ1) is 11.6. The van der Waals surface area contributed by atoms with Crippen molar-refractivity contribution in [2.45, 2.75) is 31.4 Å². The largest absolute Gasteiger partial charge is 0.435 e. The summed E-state index contributed by atoms with van der Waals surface area (Å²) < 4.78 is 28.8. The number of hydrogen-bond donors (Lipinski definition) is 1. The van der Waals surface area contributed by atoms with E-state index in [1.54, 1.807) is 6.07 Å². The lowest BCUT2D eigenvalue weighted by molar-refractivity contribution is -0.0505. The van der Waals surface area contributed by atoms with E-state index in [0.29, 0.717) is 17.0 Å². The molecule has 88 valence electrons. The summed E-state index contributed by atoms with van der Waals surface area (Å²) >= 11 is 5.82. The Morgan fingerprint density at radius 2 is 2.12 bits per heavy atom. The van der Waals surface area contributed by atoms with Gasteiger partial charge in [-0.1, -0.05) is 11.6 Å². The lowest BCUT2D eigenvalue weighted by Gasteiger charge is -2.14. The molecule has 0 aliphatic heterocycles. The topological polar surface area (TPSA) is 35.2 Å². The van der Waals surface area contributed by atoms with Crippen molar-refractivity contribution in [3.8, 4) is 5.75 Å². The summed E-state index contributed by atoms with van der Waals surface area (Å²) in [7, 11) is 0. The number of alkyl halides is 2. The van der Waals surface area contributed by atoms with Crippen LogP contribution in [0, 0.1) is 0 Å². The van der Waals surface area contributed by atoms with Crippen molar-refractivity contribution in [1.82, 2.24) is 0 Å². The Hall–Kier alpha value is -0.870. The van der Waals surface area contributed by atoms with Gasteiger partial charge < -0.3 is 10.5 Å². The van der Waals surface area contributed by atoms with Crippen LogP contribution in [0.1, 0.15) is 18.4 Å². The van der Waals surface area contributed by atoms with E-state index in [9.17, 15) is 8.78 Å². The molecule has 0 radical (unpaired) electrons. The number of hydrogen-bond acceptors (Lipinski definition) is 2. The van der Waals surface area contributed by atoms with Gasteiger partial charge >= 0.3 is 6.61 Å². The molecule has 0 aromatic heterocycles. The van der Waals surface area contributed by atoms with Gasteiger partial charge in [-0.2, -0.15) is 8.78 Å². The zero-order valence-electron chi connectivity index (χ0n) is 8.55. The highest BCUT2D eigenvalue weighted by Gasteiger charge is 2.38. The van der Waals surface area contributed by atoms with Crippen LogP contribution in [0.5, 0.6) is 5.75 Å². The Labute approximate surface area is 97.3 Å². The van der Waals surface area contributed by atoms with E-state index in [1.165, 1.54) is 12.1 Å². The van der Waals surface area contributed by atoms with E-state index in [1.807, 2.05) is 0 Å². The lowest BCUT2D eigenvalue weighted by atomic mass is 10.0. The van der Waals surface area contributed by atoms with Gasteiger partial charge in [-0.15, -0.1) is 0 Å². The molecule has 2 rings (SSSR count). The SMILES string of the molecule is NC1(Cc2cc(Cl)ccc2OC(F)F)CC1. The molecule has 2 N–H and O–H groups in total. The molecule has 0 bridgehead atoms. The van der Waals surface area contributed by atoms with Crippen molar-refractivity contribution >= 4 is 11.6 Å². The Balaban J connectivity index is 2.21. The molecule has 5 heteroatoms. The average Bonchev–Trinajstić information content (AvgIpc) is 2.88. The predicted octanol–water partition coefficient (Wildman–Crippen LogP) is 2.98. The molecule has 0 unspecified atom stereocenters. The Bertz CT molecular complexity index is 394. The van der Waals surface area contributed by atoms with Gasteiger partial charge in [0, 0.05) is 10.6 Å². The first-order chi connectivity index (χ1) is 7.48. The lowest BCUT2D eigenvalue weighted by Crippen LogP contribution is -2.25. The smallest absolute Gasteiger partial charge is 0.387 e. The van der Waals surface area contributed by atoms with Crippen molar-refractivity contribution in [2.24, 2.45) is 5.73 Å². The maximum atomic E-state index is 12.2. The zero-order chi connectivity index (χ0) is 11.8. The molecule has 0 saturated heterocycles. The van der Waals surface area contributed by atoms with Crippen LogP contribution < -0.4 is 10.5 Å². The highest BCUT2D eigenvalue weighted by Crippen LogP contribution is 2.38. The van der Waals surface area contributed by atoms with Gasteiger partial charge in [0.05, 0.1) is 0 Å². The molecule has 1 aromatic rings. The minimum Gasteiger partial charge on any atom is -0.435 e. The third kappa shape index (κ3) is 2.83. The van der Waals surface area contributed by atoms with Crippen LogP contribution in [0.25, 0.3) is 0 Å². The monoisotopic (exact) mass is 247 g/mol. The zero-order valence-corrected chi connectivity index (χ0v) is 9.31. The number of ether oxygens (including phenoxy) is 1. The Morgan fingerprint density at radius 3 is 2.69 bits per heavy atom. The highest BCUT2D eigenvalue weighted by atomic mass is 35.5. The van der Waals surface area contributed by atoms with Gasteiger partial charge in [0.1, 0.15) is 5.75 Å². The molecule has 1 aliphatic carbocycles. The van der Waals surface area contributed by atoms with Gasteiger partial charge in [0.15, 0.2) is 0 Å². The summed E-state index contributed by atoms with van der Waals surface area (Å²) in [5.41, 5.74) is 6.33. The van der Waals surface area contributed by atoms with Crippen LogP contribution in [0.2, 0.25) is 5.02 Å². The van der Waals surface area contributed by atoms with Crippen molar-refractivity contribution in [1.29, 1.82) is 0 Å². The normalized spacial score (nSPS) is 17.6. The number of rotatable bonds is 4. The molecule has 1 aromatic carbocycles. The molecule has 0 atom stereocenters. The van der Waals surface area contributed by atoms with E-state index in [2.05, 4.69) is 4.74 Å². The maximum Gasteiger partial charge on any atom is 0.387 e. The van der Waals surface area contributed by atoms with Gasteiger partial charge in [-0.25, -0.2) is 0 Å². The Morgan fingerprint density at radius 1 is 1.44 bits per heavy atom. The van der Waals surface area contributed by atoms with Gasteiger partial charge in [0.25, 0.3) is 0 Å². The van der Waals surface area contributed by atoms with Crippen molar-refractivity contribution in [3.63, 3.8) is 0 Å². The third-order valence-corrected chi connectivity index (χ3v) is 2.91. The van der Waals surface area contributed by atoms with Crippen molar-refractivity contribution in [2.75, 3.05) is 0 Å². The average molecular weight is 248 g/mol. The van der Waals surface area contributed by atoms with Crippen LogP contribution in [0.4, 0.5) is 8.78 Å². The summed E-state index contributed by atoms with van der Waals surface area (Å²) in [5.74, 6) is 0.163. The first-order valence-electron chi connectivity index (χ1n) is 5.01. The Kier molecular flexibility index (Phi) is 3.04. The third-order valence-electron chi connectivity index (χ3n) is 2.67. The van der Waals surface area contributed by atoms with Gasteiger partial charge in [0.2, 0.25) is 0 Å². The molecule has 1 aliphatic rings. The molecule has 2 nitrogen and oxygen atoms in total. The van der Waals surface area contributed by atoms with Crippen LogP contribution in [-0.2, 0) is 6.42 Å². The molecular formula is C11H12ClF2NO. The van der Waals surface area contributed by atoms with E-state index >= 15 is 0 Å². The standard InChI is InChI=1S/C11H12ClF2NO/c12-8-1-2-9(16-10(13)14)7(5-8)6-11(15)3-4-11/h1-2,5,10H,3-4,6,15H2. The summed E-state index contributed by atoms with van der Waals surface area (Å²) in [5, 5.41) is 0.501. The second kappa shape index (κ2) is 4.18. The summed E-state index contributed by atoms with van der Waals surface area (Å²) in [6.07, 6.45) is 2.34. The highest BCUT2D eigenvalue weighted by molar-refractivity contribution is 6.30. The van der Waals surface area contributed by atoms with E-state index < -0.39 is 6.61 Å². The van der Waals surface area contributed by atoms with Crippen LogP contribution in [-0.4, -0.2) is 12.2 Å². The van der Waals surface area contributed by atoms with Crippen LogP contribution in [0.15, 0.2) is 18.2 Å². The quantitative estimate of drug-likeness (QED) is 0.888. The predicted molar refractivity (Wildman–Crippen MR) is 57.9 cm³/mol. The van der Waals surface area contributed by atoms with E-state index in [-0.39, 0.29) is 11.3 Å². The van der Waals surface area contributed by atoms with Crippen molar-refractivity contribution < 1.29 is 13.5 Å². The fourth-order valence-electron chi connectivity index (χ4n) is 1.61. The fraction of sp³-hybridized carbons (Fsp3) is 0.455. The first-order valence-corrected chi connectivity index (χ1v) is 5.38. The van der Waals surface area contributed by atoms with E-state index in [4.69, 9.17) is 17.3 Å². The summed E-state index contributed by atoms with van der Waals surface area (Å²) in [6, 6.07) is 4.61. The number of halogens is 3. The van der Waals surface area contributed by atoms with Crippen LogP contribution in [0.3, 0.4) is 0 Å². The molecule has 1 saturated carbocycles. The molecule has 0 heterocycles. The molecule has 16 heavy (non-hydrogen) atoms. The van der Waals surface area contributed by atoms with Gasteiger partial charge in [-0.3, -0.25) is 0 Å². The molecule has 0 spiro atoms. The molecular weight excluding hydrogens is 236 g/mol. The van der Waals surface area contributed by atoms with E-state index in [0.717, 1.165) is 12.8 Å². The second-order valence-electron chi connectivity index (χ2n) is 4.17. The summed E-state index contributed by atoms with van der Waals surface area (Å²) in [4.78, 5) is 0. The van der Waals surface area contributed by atoms with Gasteiger partial charge in [-0.05, 0) is 43.0 Å². The maximum absolute atomic E-state index is 12.2. The number of nitrogens with two attached hydrogens (primary N) is 1. The summed E-state index contributed by atoms with van der Waals surface area (Å²) in [6.45, 7) is -2.83. The molecule has 1 fully saturated rings. The fourth-order valence-corrected chi connectivity index (χ4v) is 1.81. The second-order valence-corrected chi connectivity index (χ2v) is 4.61.